The van der Waals surface area contributed by atoms with Crippen LogP contribution in [0.25, 0.3) is 39.2 Å². The number of rotatable bonds is 3. The first kappa shape index (κ1) is 20.7. The van der Waals surface area contributed by atoms with E-state index in [1.807, 2.05) is 18.2 Å². The summed E-state index contributed by atoms with van der Waals surface area (Å²) >= 11 is 0. The average molecular weight is 462 g/mol. The molecule has 0 aliphatic carbocycles. The molecule has 0 amide bonds. The smallest absolute Gasteiger partial charge is 0.229 e. The average Bonchev–Trinajstić information content (AvgIpc) is 3.08. The van der Waals surface area contributed by atoms with Crippen LogP contribution in [0.2, 0.25) is 0 Å². The summed E-state index contributed by atoms with van der Waals surface area (Å²) in [6, 6.07) is 38.4. The molecule has 1 heterocycles. The van der Waals surface area contributed by atoms with Gasteiger partial charge in [0.15, 0.2) is 11.0 Å². The number of fused-ring (bicyclic) bond motifs is 1. The first-order valence-corrected chi connectivity index (χ1v) is 9.79. The van der Waals surface area contributed by atoms with Gasteiger partial charge in [-0.3, -0.25) is 4.57 Å². The number of aryl methyl sites for hydroxylation is 2. The first-order chi connectivity index (χ1) is 14.2. The molecule has 2 nitrogen and oxygen atoms in total. The van der Waals surface area contributed by atoms with Crippen LogP contribution in [0.3, 0.4) is 0 Å². The summed E-state index contributed by atoms with van der Waals surface area (Å²) < 4.78 is 4.59. The Hall–Kier alpha value is -2.55. The predicted octanol–water partition coefficient (Wildman–Crippen LogP) is 5.70. The zero-order valence-corrected chi connectivity index (χ0v) is 20.0. The molecule has 0 atom stereocenters. The van der Waals surface area contributed by atoms with Gasteiger partial charge in [-0.25, -0.2) is 10.1 Å². The van der Waals surface area contributed by atoms with E-state index in [9.17, 15) is 0 Å². The summed E-state index contributed by atoms with van der Waals surface area (Å²) in [6.07, 6.45) is 0. The third-order valence-electron chi connectivity index (χ3n) is 5.40. The molecule has 0 aliphatic heterocycles. The second-order valence-electron chi connectivity index (χ2n) is 7.25. The van der Waals surface area contributed by atoms with Gasteiger partial charge in [0, 0.05) is 32.7 Å². The molecule has 0 spiro atoms. The molecule has 5 rings (SSSR count). The van der Waals surface area contributed by atoms with Gasteiger partial charge in [-0.05, 0) is 29.8 Å². The largest absolute Gasteiger partial charge is 0.258 e. The number of imidazole rings is 1. The molecule has 0 bridgehead atoms. The molecule has 0 N–H and O–H groups in total. The molecule has 143 valence electrons. The van der Waals surface area contributed by atoms with E-state index < -0.39 is 0 Å². The van der Waals surface area contributed by atoms with E-state index in [4.69, 9.17) is 0 Å². The summed E-state index contributed by atoms with van der Waals surface area (Å²) in [5, 5.41) is 0. The van der Waals surface area contributed by atoms with Gasteiger partial charge in [0.05, 0.1) is 7.05 Å². The first-order valence-electron chi connectivity index (χ1n) is 9.79. The summed E-state index contributed by atoms with van der Waals surface area (Å²) in [5.74, 6) is 1.12. The summed E-state index contributed by atoms with van der Waals surface area (Å²) in [7, 11) is 2.13. The van der Waals surface area contributed by atoms with E-state index in [1.165, 1.54) is 16.6 Å². The fourth-order valence-corrected chi connectivity index (χ4v) is 3.95. The van der Waals surface area contributed by atoms with Gasteiger partial charge < -0.3 is 0 Å². The van der Waals surface area contributed by atoms with Gasteiger partial charge in [-0.15, -0.1) is 17.7 Å². The molecular weight excluding hydrogens is 441 g/mol. The maximum atomic E-state index is 3.68. The second-order valence-corrected chi connectivity index (χ2v) is 7.25. The van der Waals surface area contributed by atoms with Crippen LogP contribution in [0, 0.1) is 19.1 Å². The van der Waals surface area contributed by atoms with Crippen molar-refractivity contribution in [2.75, 3.05) is 0 Å². The van der Waals surface area contributed by atoms with Crippen LogP contribution < -0.4 is 4.57 Å². The third-order valence-corrected chi connectivity index (χ3v) is 5.40. The number of nitrogens with zero attached hydrogens (tertiary/aromatic N) is 2. The van der Waals surface area contributed by atoms with Gasteiger partial charge in [0.2, 0.25) is 5.82 Å². The maximum Gasteiger partial charge on any atom is 0.229 e. The van der Waals surface area contributed by atoms with Crippen LogP contribution >= 0.6 is 0 Å². The molecule has 0 saturated heterocycles. The van der Waals surface area contributed by atoms with Crippen molar-refractivity contribution in [1.29, 1.82) is 0 Å². The minimum atomic E-state index is 0. The summed E-state index contributed by atoms with van der Waals surface area (Å²) in [5.41, 5.74) is 7.91. The Morgan fingerprint density at radius 3 is 2.27 bits per heavy atom. The van der Waals surface area contributed by atoms with E-state index in [2.05, 4.69) is 108 Å². The van der Waals surface area contributed by atoms with Crippen LogP contribution in [0.15, 0.2) is 91.0 Å². The zero-order chi connectivity index (χ0) is 19.8. The topological polar surface area (TPSA) is 8.81 Å². The minimum Gasteiger partial charge on any atom is -0.258 e. The van der Waals surface area contributed by atoms with Gasteiger partial charge in [-0.1, -0.05) is 37.3 Å². The Morgan fingerprint density at radius 1 is 0.767 bits per heavy atom. The fraction of sp³-hybridized carbons (Fsp3) is 0.0741. The van der Waals surface area contributed by atoms with Crippen molar-refractivity contribution in [3.63, 3.8) is 0 Å². The molecule has 0 unspecified atom stereocenters. The van der Waals surface area contributed by atoms with Crippen LogP contribution in [-0.2, 0) is 39.8 Å². The van der Waals surface area contributed by atoms with E-state index in [0.717, 1.165) is 28.2 Å². The number of hydrogen-bond acceptors (Lipinski definition) is 0. The zero-order valence-electron chi connectivity index (χ0n) is 17.1. The molecule has 3 heteroatoms. The Morgan fingerprint density at radius 2 is 1.50 bits per heavy atom. The van der Waals surface area contributed by atoms with Crippen molar-refractivity contribution in [1.82, 2.24) is 4.57 Å². The van der Waals surface area contributed by atoms with Crippen LogP contribution in [0.1, 0.15) is 5.56 Å². The summed E-state index contributed by atoms with van der Waals surface area (Å²) in [6.45, 7) is 2.15. The van der Waals surface area contributed by atoms with Crippen molar-refractivity contribution in [3.05, 3.63) is 109 Å². The number of aromatic nitrogens is 2. The van der Waals surface area contributed by atoms with E-state index in [-0.39, 0.29) is 32.7 Å². The maximum absolute atomic E-state index is 3.68. The van der Waals surface area contributed by atoms with Crippen molar-refractivity contribution >= 4 is 11.0 Å². The van der Waals surface area contributed by atoms with Crippen molar-refractivity contribution in [2.45, 2.75) is 6.92 Å². The Bertz CT molecular complexity index is 1310. The molecule has 4 aromatic carbocycles. The third kappa shape index (κ3) is 3.55. The molecule has 0 saturated carbocycles. The number of benzene rings is 4. The molecule has 0 fully saturated rings. The predicted molar refractivity (Wildman–Crippen MR) is 118 cm³/mol. The van der Waals surface area contributed by atoms with Crippen LogP contribution in [0.5, 0.6) is 0 Å². The Labute approximate surface area is 202 Å². The second kappa shape index (κ2) is 8.67. The van der Waals surface area contributed by atoms with Gasteiger partial charge >= 0.3 is 0 Å². The van der Waals surface area contributed by atoms with Crippen molar-refractivity contribution in [3.8, 4) is 28.2 Å². The SMILES string of the molecule is Cc1ccc(-c2[c-]cccc2)[c-]c1-c1n(-c2ccccc2)c2ccccc2[n+]1C.[Y]. The molecule has 0 aliphatic rings. The molecule has 1 radical (unpaired) electrons. The van der Waals surface area contributed by atoms with Gasteiger partial charge in [0.1, 0.15) is 5.69 Å². The quantitative estimate of drug-likeness (QED) is 0.241. The van der Waals surface area contributed by atoms with E-state index in [0.29, 0.717) is 0 Å². The van der Waals surface area contributed by atoms with E-state index in [1.54, 1.807) is 0 Å². The monoisotopic (exact) mass is 462 g/mol. The number of para-hydroxylation sites is 3. The standard InChI is InChI=1S/C27H21N2.Y/c1-20-17-18-22(21-11-5-3-6-12-21)19-24(20)27-28(2)25-15-9-10-16-26(25)29(27)23-13-7-4-8-14-23;/h3-11,13-18H,1-2H3;/q-1;. The molecule has 5 aromatic rings. The van der Waals surface area contributed by atoms with Crippen molar-refractivity contribution < 1.29 is 37.3 Å². The van der Waals surface area contributed by atoms with Crippen molar-refractivity contribution in [2.24, 2.45) is 7.05 Å². The number of hydrogen-bond donors (Lipinski definition) is 0. The Balaban J connectivity index is 0.00000218. The minimum absolute atomic E-state index is 0. The molecule has 1 aromatic heterocycles. The molecule has 30 heavy (non-hydrogen) atoms. The normalized spacial score (nSPS) is 10.7. The summed E-state index contributed by atoms with van der Waals surface area (Å²) in [4.78, 5) is 0. The Kier molecular flexibility index (Phi) is 5.99. The molecular formula is C27H21N2Y-. The van der Waals surface area contributed by atoms with Gasteiger partial charge in [-0.2, -0.15) is 42.0 Å². The van der Waals surface area contributed by atoms with Crippen LogP contribution in [0.4, 0.5) is 0 Å². The van der Waals surface area contributed by atoms with E-state index >= 15 is 0 Å². The fourth-order valence-electron chi connectivity index (χ4n) is 3.95. The van der Waals surface area contributed by atoms with Crippen LogP contribution in [-0.4, -0.2) is 4.57 Å². The van der Waals surface area contributed by atoms with Gasteiger partial charge in [0.25, 0.3) is 0 Å².